The van der Waals surface area contributed by atoms with Crippen LogP contribution in [-0.4, -0.2) is 51.2 Å². The van der Waals surface area contributed by atoms with E-state index in [1.54, 1.807) is 6.92 Å². The van der Waals surface area contributed by atoms with Crippen molar-refractivity contribution in [3.05, 3.63) is 53.3 Å². The Morgan fingerprint density at radius 1 is 1.20 bits per heavy atom. The van der Waals surface area contributed by atoms with E-state index in [-0.39, 0.29) is 29.5 Å². The number of allylic oxidation sites excluding steroid dienone is 3. The lowest BCUT2D eigenvalue weighted by molar-refractivity contribution is -0.157. The first-order valence-corrected chi connectivity index (χ1v) is 17.7. The van der Waals surface area contributed by atoms with E-state index >= 15 is 0 Å². The predicted octanol–water partition coefficient (Wildman–Crippen LogP) is 7.15. The van der Waals surface area contributed by atoms with Crippen molar-refractivity contribution in [1.82, 2.24) is 4.98 Å². The number of aliphatic hydroxyl groups excluding tert-OH is 3. The quantitative estimate of drug-likeness (QED) is 0.200. The number of ether oxygens (including phenoxy) is 1. The Morgan fingerprint density at radius 2 is 1.98 bits per heavy atom. The van der Waals surface area contributed by atoms with Crippen LogP contribution in [0.1, 0.15) is 123 Å². The van der Waals surface area contributed by atoms with Crippen LogP contribution >= 0.6 is 0 Å². The van der Waals surface area contributed by atoms with Crippen LogP contribution in [0.25, 0.3) is 0 Å². The summed E-state index contributed by atoms with van der Waals surface area (Å²) in [6, 6.07) is 0. The fourth-order valence-electron chi connectivity index (χ4n) is 8.89. The Balaban J connectivity index is 1.29. The zero-order valence-electron chi connectivity index (χ0n) is 28.1. The third kappa shape index (κ3) is 7.21. The number of carbonyl (C=O) groups is 1. The Hall–Kier alpha value is -2.22. The minimum atomic E-state index is -0.664. The van der Waals surface area contributed by atoms with Gasteiger partial charge < -0.3 is 24.5 Å². The lowest BCUT2D eigenvalue weighted by Gasteiger charge is -2.44. The van der Waals surface area contributed by atoms with Gasteiger partial charge in [0.25, 0.3) is 0 Å². The van der Waals surface area contributed by atoms with E-state index in [0.29, 0.717) is 36.5 Å². The zero-order valence-corrected chi connectivity index (χ0v) is 28.1. The maximum atomic E-state index is 13.0. The van der Waals surface area contributed by atoms with Crippen molar-refractivity contribution in [3.63, 3.8) is 0 Å². The molecular formula is C38H57NO6. The summed E-state index contributed by atoms with van der Waals surface area (Å²) < 4.78 is 12.4. The molecule has 0 spiro atoms. The number of oxazole rings is 1. The van der Waals surface area contributed by atoms with Crippen molar-refractivity contribution in [2.45, 2.75) is 141 Å². The molecule has 0 aliphatic heterocycles. The van der Waals surface area contributed by atoms with Gasteiger partial charge in [0.05, 0.1) is 36.3 Å². The monoisotopic (exact) mass is 623 g/mol. The summed E-state index contributed by atoms with van der Waals surface area (Å²) >= 11 is 0. The topological polar surface area (TPSA) is 113 Å². The summed E-state index contributed by atoms with van der Waals surface area (Å²) in [5.74, 6) is 2.30. The van der Waals surface area contributed by atoms with E-state index in [9.17, 15) is 20.1 Å². The molecule has 1 unspecified atom stereocenters. The van der Waals surface area contributed by atoms with E-state index < -0.39 is 18.1 Å². The van der Waals surface area contributed by atoms with Gasteiger partial charge in [0.15, 0.2) is 0 Å². The van der Waals surface area contributed by atoms with Gasteiger partial charge in [0, 0.05) is 12.8 Å². The molecule has 3 N–H and O–H groups in total. The van der Waals surface area contributed by atoms with Crippen LogP contribution in [0.2, 0.25) is 0 Å². The highest BCUT2D eigenvalue weighted by Gasteiger charge is 2.57. The molecule has 45 heavy (non-hydrogen) atoms. The van der Waals surface area contributed by atoms with Crippen LogP contribution in [0.4, 0.5) is 0 Å². The lowest BCUT2D eigenvalue weighted by atomic mass is 9.60. The number of fused-ring (bicyclic) bond motifs is 1. The number of aryl methyl sites for hydroxylation is 1. The number of rotatable bonds is 13. The predicted molar refractivity (Wildman–Crippen MR) is 175 cm³/mol. The summed E-state index contributed by atoms with van der Waals surface area (Å²) in [6.07, 6.45) is 18.1. The van der Waals surface area contributed by atoms with Crippen LogP contribution < -0.4 is 0 Å². The minimum Gasteiger partial charge on any atom is -0.461 e. The summed E-state index contributed by atoms with van der Waals surface area (Å²) in [5.41, 5.74) is 3.06. The van der Waals surface area contributed by atoms with Crippen molar-refractivity contribution in [2.75, 3.05) is 6.61 Å². The maximum absolute atomic E-state index is 13.0. The highest BCUT2D eigenvalue weighted by Crippen LogP contribution is 2.60. The maximum Gasteiger partial charge on any atom is 0.311 e. The van der Waals surface area contributed by atoms with Crippen LogP contribution in [-0.2, 0) is 21.4 Å². The third-order valence-electron chi connectivity index (χ3n) is 12.0. The molecule has 5 rings (SSSR count). The van der Waals surface area contributed by atoms with Crippen LogP contribution in [0.5, 0.6) is 0 Å². The molecule has 0 aromatic carbocycles. The van der Waals surface area contributed by atoms with Gasteiger partial charge in [-0.1, -0.05) is 51.5 Å². The first-order valence-electron chi connectivity index (χ1n) is 17.7. The molecule has 4 aliphatic rings. The number of unbranched alkanes of at least 4 members (excludes halogenated alkanes) is 1. The second-order valence-electron chi connectivity index (χ2n) is 15.1. The summed E-state index contributed by atoms with van der Waals surface area (Å²) in [4.78, 5) is 17.7. The van der Waals surface area contributed by atoms with Crippen LogP contribution in [0, 0.1) is 29.1 Å². The first kappa shape index (κ1) is 34.1. The Morgan fingerprint density at radius 3 is 2.69 bits per heavy atom. The average Bonchev–Trinajstić information content (AvgIpc) is 3.53. The van der Waals surface area contributed by atoms with Crippen molar-refractivity contribution in [3.8, 4) is 0 Å². The number of aliphatic hydroxyl groups is 3. The van der Waals surface area contributed by atoms with Crippen molar-refractivity contribution in [2.24, 2.45) is 29.1 Å². The number of esters is 1. The fraction of sp³-hybridized carbons (Fsp3) is 0.737. The molecule has 0 bridgehead atoms. The number of hydrogen-bond donors (Lipinski definition) is 3. The molecule has 1 aromatic rings. The van der Waals surface area contributed by atoms with Crippen LogP contribution in [0.15, 0.2) is 46.1 Å². The summed E-state index contributed by atoms with van der Waals surface area (Å²) in [6.45, 7) is 12.6. The molecule has 4 fully saturated rings. The smallest absolute Gasteiger partial charge is 0.311 e. The highest BCUT2D eigenvalue weighted by molar-refractivity contribution is 5.72. The SMILES string of the molecule is C=C1C(=CC=C2CCC[C@]3(C)[C@@H]([C@H](C)CC[C@@H](OC(=O)C(C)CO)C4(c5ncc(CCCC)o5)CC4)CC[C@@H]23)C[C@@H](O)C[C@@H]1O. The van der Waals surface area contributed by atoms with Crippen molar-refractivity contribution in [1.29, 1.82) is 0 Å². The van der Waals surface area contributed by atoms with E-state index in [0.717, 1.165) is 68.3 Å². The molecule has 1 heterocycles. The van der Waals surface area contributed by atoms with Crippen LogP contribution in [0.3, 0.4) is 0 Å². The molecule has 8 atom stereocenters. The molecule has 0 saturated heterocycles. The molecule has 7 nitrogen and oxygen atoms in total. The van der Waals surface area contributed by atoms with Gasteiger partial charge >= 0.3 is 5.97 Å². The van der Waals surface area contributed by atoms with E-state index in [1.807, 2.05) is 6.20 Å². The second kappa shape index (κ2) is 14.3. The second-order valence-corrected chi connectivity index (χ2v) is 15.1. The number of hydrogen-bond acceptors (Lipinski definition) is 7. The zero-order chi connectivity index (χ0) is 32.4. The van der Waals surface area contributed by atoms with Gasteiger partial charge in [0.1, 0.15) is 11.9 Å². The Kier molecular flexibility index (Phi) is 10.8. The van der Waals surface area contributed by atoms with Gasteiger partial charge in [0.2, 0.25) is 5.89 Å². The molecular weight excluding hydrogens is 566 g/mol. The molecule has 4 saturated carbocycles. The number of carbonyl (C=O) groups excluding carboxylic acids is 1. The third-order valence-corrected chi connectivity index (χ3v) is 12.0. The van der Waals surface area contributed by atoms with Gasteiger partial charge in [-0.25, -0.2) is 4.98 Å². The van der Waals surface area contributed by atoms with Gasteiger partial charge in [-0.2, -0.15) is 0 Å². The Labute approximate surface area is 270 Å². The Bertz CT molecular complexity index is 1260. The molecule has 7 heteroatoms. The van der Waals surface area contributed by atoms with Crippen molar-refractivity contribution < 1.29 is 29.3 Å². The molecule has 0 amide bonds. The van der Waals surface area contributed by atoms with Gasteiger partial charge in [-0.05, 0) is 112 Å². The largest absolute Gasteiger partial charge is 0.461 e. The van der Waals surface area contributed by atoms with E-state index in [2.05, 4.69) is 44.5 Å². The minimum absolute atomic E-state index is 0.218. The molecule has 250 valence electrons. The number of aromatic nitrogens is 1. The lowest BCUT2D eigenvalue weighted by Crippen LogP contribution is -2.37. The summed E-state index contributed by atoms with van der Waals surface area (Å²) in [7, 11) is 0. The highest BCUT2D eigenvalue weighted by atomic mass is 16.5. The summed E-state index contributed by atoms with van der Waals surface area (Å²) in [5, 5.41) is 30.2. The van der Waals surface area contributed by atoms with E-state index in [4.69, 9.17) is 9.15 Å². The van der Waals surface area contributed by atoms with Crippen molar-refractivity contribution >= 4 is 5.97 Å². The molecule has 4 aliphatic carbocycles. The standard InChI is InChI=1S/C38H57NO6/c1-6-7-10-30-22-39-36(44-30)38(18-19-38)34(45-35(43)25(3)23-40)16-11-24(2)31-14-15-32-27(9-8-17-37(31,32)5)12-13-28-20-29(41)21-33(42)26(28)4/h12-13,22,24-25,29,31-34,40-42H,4,6-11,14-21,23H2,1-3,5H3/t24-,25?,29-,31-,32+,33+,34-,37-/m1/s1. The average molecular weight is 624 g/mol. The fourth-order valence-corrected chi connectivity index (χ4v) is 8.89. The number of nitrogens with zero attached hydrogens (tertiary/aromatic N) is 1. The first-order chi connectivity index (χ1) is 21.5. The van der Waals surface area contributed by atoms with Gasteiger partial charge in [-0.3, -0.25) is 4.79 Å². The van der Waals surface area contributed by atoms with Gasteiger partial charge in [-0.15, -0.1) is 0 Å². The van der Waals surface area contributed by atoms with E-state index in [1.165, 1.54) is 31.3 Å². The molecule has 0 radical (unpaired) electrons. The normalized spacial score (nSPS) is 33.2. The molecule has 1 aromatic heterocycles.